The Bertz CT molecular complexity index is 351. The maximum atomic E-state index is 10.1. The van der Waals surface area contributed by atoms with Crippen LogP contribution < -0.4 is 0 Å². The van der Waals surface area contributed by atoms with Crippen LogP contribution in [-0.4, -0.2) is 35.7 Å². The number of hydrogen-bond donors (Lipinski definition) is 1. The first kappa shape index (κ1) is 10.3. The van der Waals surface area contributed by atoms with Gasteiger partial charge in [-0.15, -0.1) is 0 Å². The molecule has 4 unspecified atom stereocenters. The standard InChI is InChI=1S/C14H19NO/c16-14-7-9-15-8-6-12(13(14)10-15)11-4-2-1-3-5-11/h1-5,12-14,16H,6-10H2. The van der Waals surface area contributed by atoms with Gasteiger partial charge < -0.3 is 10.0 Å². The molecule has 4 atom stereocenters. The first-order valence-electron chi connectivity index (χ1n) is 6.30. The summed E-state index contributed by atoms with van der Waals surface area (Å²) < 4.78 is 0. The Hall–Kier alpha value is -0.860. The number of nitrogens with zero attached hydrogens (tertiary/aromatic N) is 1. The largest absolute Gasteiger partial charge is 0.393 e. The van der Waals surface area contributed by atoms with Crippen LogP contribution in [0.25, 0.3) is 0 Å². The van der Waals surface area contributed by atoms with Gasteiger partial charge in [-0.2, -0.15) is 0 Å². The zero-order valence-electron chi connectivity index (χ0n) is 9.55. The van der Waals surface area contributed by atoms with Crippen molar-refractivity contribution >= 4 is 0 Å². The number of aliphatic hydroxyl groups excluding tert-OH is 1. The Morgan fingerprint density at radius 3 is 2.62 bits per heavy atom. The van der Waals surface area contributed by atoms with Crippen molar-refractivity contribution in [2.45, 2.75) is 24.9 Å². The first-order chi connectivity index (χ1) is 7.84. The lowest BCUT2D eigenvalue weighted by Gasteiger charge is -2.45. The van der Waals surface area contributed by atoms with Crippen molar-refractivity contribution in [1.82, 2.24) is 4.90 Å². The van der Waals surface area contributed by atoms with Crippen LogP contribution in [0.4, 0.5) is 0 Å². The fourth-order valence-electron chi connectivity index (χ4n) is 3.29. The molecule has 3 rings (SSSR count). The van der Waals surface area contributed by atoms with Crippen molar-refractivity contribution < 1.29 is 5.11 Å². The molecule has 0 saturated carbocycles. The molecule has 0 spiro atoms. The summed E-state index contributed by atoms with van der Waals surface area (Å²) in [5, 5.41) is 10.1. The molecule has 2 bridgehead atoms. The van der Waals surface area contributed by atoms with Gasteiger partial charge in [-0.25, -0.2) is 0 Å². The second-order valence-electron chi connectivity index (χ2n) is 5.13. The minimum absolute atomic E-state index is 0.0956. The third kappa shape index (κ3) is 1.76. The van der Waals surface area contributed by atoms with E-state index in [4.69, 9.17) is 0 Å². The summed E-state index contributed by atoms with van der Waals surface area (Å²) in [5.41, 5.74) is 1.41. The predicted molar refractivity (Wildman–Crippen MR) is 64.4 cm³/mol. The minimum Gasteiger partial charge on any atom is -0.393 e. The Labute approximate surface area is 96.9 Å². The van der Waals surface area contributed by atoms with Gasteiger partial charge in [0.15, 0.2) is 0 Å². The molecule has 0 aliphatic carbocycles. The van der Waals surface area contributed by atoms with Crippen LogP contribution in [0.15, 0.2) is 30.3 Å². The van der Waals surface area contributed by atoms with Crippen LogP contribution in [0.3, 0.4) is 0 Å². The average molecular weight is 217 g/mol. The molecule has 2 saturated heterocycles. The lowest BCUT2D eigenvalue weighted by atomic mass is 9.75. The average Bonchev–Trinajstić information content (AvgIpc) is 2.36. The molecule has 2 fully saturated rings. The minimum atomic E-state index is -0.0956. The Morgan fingerprint density at radius 1 is 1.06 bits per heavy atom. The summed E-state index contributed by atoms with van der Waals surface area (Å²) in [6, 6.07) is 10.7. The van der Waals surface area contributed by atoms with Crippen LogP contribution in [0.1, 0.15) is 24.3 Å². The Kier molecular flexibility index (Phi) is 2.70. The smallest absolute Gasteiger partial charge is 0.0598 e. The molecule has 1 aromatic carbocycles. The van der Waals surface area contributed by atoms with E-state index in [2.05, 4.69) is 35.2 Å². The lowest BCUT2D eigenvalue weighted by Crippen LogP contribution is -2.50. The molecule has 16 heavy (non-hydrogen) atoms. The number of piperidine rings is 2. The number of aliphatic hydroxyl groups is 1. The van der Waals surface area contributed by atoms with Gasteiger partial charge in [-0.3, -0.25) is 0 Å². The molecule has 2 aliphatic rings. The maximum absolute atomic E-state index is 10.1. The van der Waals surface area contributed by atoms with Crippen molar-refractivity contribution in [2.75, 3.05) is 19.6 Å². The van der Waals surface area contributed by atoms with Gasteiger partial charge in [0.25, 0.3) is 0 Å². The molecule has 0 radical (unpaired) electrons. The highest BCUT2D eigenvalue weighted by atomic mass is 16.3. The zero-order chi connectivity index (χ0) is 11.0. The molecule has 2 heterocycles. The summed E-state index contributed by atoms with van der Waals surface area (Å²) in [4.78, 5) is 2.50. The summed E-state index contributed by atoms with van der Waals surface area (Å²) >= 11 is 0. The molecule has 86 valence electrons. The van der Waals surface area contributed by atoms with E-state index in [1.54, 1.807) is 0 Å². The van der Waals surface area contributed by atoms with E-state index in [-0.39, 0.29) is 6.10 Å². The third-order valence-electron chi connectivity index (χ3n) is 4.21. The van der Waals surface area contributed by atoms with Crippen molar-refractivity contribution in [3.63, 3.8) is 0 Å². The third-order valence-corrected chi connectivity index (χ3v) is 4.21. The molecule has 2 aliphatic heterocycles. The van der Waals surface area contributed by atoms with Crippen LogP contribution >= 0.6 is 0 Å². The van der Waals surface area contributed by atoms with Gasteiger partial charge in [0.2, 0.25) is 0 Å². The summed E-state index contributed by atoms with van der Waals surface area (Å²) in [6.07, 6.45) is 2.06. The fourth-order valence-corrected chi connectivity index (χ4v) is 3.29. The van der Waals surface area contributed by atoms with Gasteiger partial charge >= 0.3 is 0 Å². The highest BCUT2D eigenvalue weighted by molar-refractivity contribution is 5.22. The molecule has 2 heteroatoms. The van der Waals surface area contributed by atoms with E-state index < -0.39 is 0 Å². The van der Waals surface area contributed by atoms with E-state index in [0.29, 0.717) is 11.8 Å². The van der Waals surface area contributed by atoms with E-state index in [0.717, 1.165) is 19.5 Å². The van der Waals surface area contributed by atoms with Gasteiger partial charge in [-0.1, -0.05) is 30.3 Å². The van der Waals surface area contributed by atoms with E-state index in [1.165, 1.54) is 18.5 Å². The molecular formula is C14H19NO. The van der Waals surface area contributed by atoms with Crippen molar-refractivity contribution in [3.05, 3.63) is 35.9 Å². The predicted octanol–water partition coefficient (Wildman–Crippen LogP) is 1.86. The summed E-state index contributed by atoms with van der Waals surface area (Å²) in [5.74, 6) is 1.01. The molecular weight excluding hydrogens is 198 g/mol. The van der Waals surface area contributed by atoms with E-state index in [9.17, 15) is 5.11 Å². The zero-order valence-corrected chi connectivity index (χ0v) is 9.55. The van der Waals surface area contributed by atoms with E-state index in [1.807, 2.05) is 0 Å². The summed E-state index contributed by atoms with van der Waals surface area (Å²) in [7, 11) is 0. The van der Waals surface area contributed by atoms with Crippen LogP contribution in [0, 0.1) is 5.92 Å². The Morgan fingerprint density at radius 2 is 1.81 bits per heavy atom. The normalized spacial score (nSPS) is 38.3. The van der Waals surface area contributed by atoms with Gasteiger partial charge in [0, 0.05) is 19.0 Å². The summed E-state index contributed by atoms with van der Waals surface area (Å²) in [6.45, 7) is 3.36. The Balaban J connectivity index is 1.85. The quantitative estimate of drug-likeness (QED) is 0.776. The maximum Gasteiger partial charge on any atom is 0.0598 e. The second-order valence-corrected chi connectivity index (χ2v) is 5.13. The van der Waals surface area contributed by atoms with Gasteiger partial charge in [0.1, 0.15) is 0 Å². The van der Waals surface area contributed by atoms with Gasteiger partial charge in [-0.05, 0) is 30.9 Å². The van der Waals surface area contributed by atoms with Gasteiger partial charge in [0.05, 0.1) is 6.10 Å². The molecule has 1 N–H and O–H groups in total. The monoisotopic (exact) mass is 217 g/mol. The fraction of sp³-hybridized carbons (Fsp3) is 0.571. The van der Waals surface area contributed by atoms with Crippen molar-refractivity contribution in [3.8, 4) is 0 Å². The van der Waals surface area contributed by atoms with E-state index >= 15 is 0 Å². The van der Waals surface area contributed by atoms with Crippen LogP contribution in [0.2, 0.25) is 0 Å². The van der Waals surface area contributed by atoms with Crippen molar-refractivity contribution in [2.24, 2.45) is 5.92 Å². The number of hydrogen-bond acceptors (Lipinski definition) is 2. The molecule has 2 nitrogen and oxygen atoms in total. The highest BCUT2D eigenvalue weighted by Gasteiger charge is 2.37. The highest BCUT2D eigenvalue weighted by Crippen LogP contribution is 2.38. The first-order valence-corrected chi connectivity index (χ1v) is 6.30. The molecule has 0 aromatic heterocycles. The van der Waals surface area contributed by atoms with Crippen LogP contribution in [0.5, 0.6) is 0 Å². The number of fused-ring (bicyclic) bond motifs is 2. The second kappa shape index (κ2) is 4.19. The number of benzene rings is 1. The molecule has 1 aromatic rings. The van der Waals surface area contributed by atoms with Crippen LogP contribution in [-0.2, 0) is 0 Å². The SMILES string of the molecule is OC1CCN2CCC(c3ccccc3)C1C2. The van der Waals surface area contributed by atoms with Crippen molar-refractivity contribution in [1.29, 1.82) is 0 Å². The molecule has 0 amide bonds. The topological polar surface area (TPSA) is 23.5 Å². The lowest BCUT2D eigenvalue weighted by molar-refractivity contribution is -0.0123. The number of rotatable bonds is 1.